The number of aromatic amines is 1. The van der Waals surface area contributed by atoms with Gasteiger partial charge in [0.1, 0.15) is 0 Å². The van der Waals surface area contributed by atoms with Crippen molar-refractivity contribution in [3.05, 3.63) is 5.82 Å². The molecule has 0 aromatic carbocycles. The van der Waals surface area contributed by atoms with Gasteiger partial charge in [-0.1, -0.05) is 12.1 Å². The molecule has 1 aromatic rings. The second-order valence-corrected chi connectivity index (χ2v) is 7.24. The molecule has 2 fully saturated rings. The van der Waals surface area contributed by atoms with Gasteiger partial charge >= 0.3 is 6.03 Å². The van der Waals surface area contributed by atoms with Crippen LogP contribution in [0, 0.1) is 5.92 Å². The summed E-state index contributed by atoms with van der Waals surface area (Å²) in [5.74, 6) is 0.624. The van der Waals surface area contributed by atoms with E-state index in [4.69, 9.17) is 14.6 Å². The number of hydrogen-bond donors (Lipinski definition) is 4. The highest BCUT2D eigenvalue weighted by atomic mass is 16.5. The second kappa shape index (κ2) is 12.7. The van der Waals surface area contributed by atoms with Crippen molar-refractivity contribution in [2.75, 3.05) is 26.2 Å². The van der Waals surface area contributed by atoms with E-state index < -0.39 is 0 Å². The van der Waals surface area contributed by atoms with E-state index in [-0.39, 0.29) is 36.5 Å². The molecule has 3 rings (SSSR count). The third kappa shape index (κ3) is 6.94. The van der Waals surface area contributed by atoms with Crippen LogP contribution in [0.5, 0.6) is 0 Å². The molecule has 1 saturated carbocycles. The molecule has 0 radical (unpaired) electrons. The molecule has 12 heteroatoms. The van der Waals surface area contributed by atoms with Crippen LogP contribution in [0.2, 0.25) is 0 Å². The number of rotatable bonds is 7. The Morgan fingerprint density at radius 1 is 1.33 bits per heavy atom. The molecule has 30 heavy (non-hydrogen) atoms. The number of tetrazole rings is 1. The Morgan fingerprint density at radius 2 is 2.13 bits per heavy atom. The highest BCUT2D eigenvalue weighted by Crippen LogP contribution is 2.32. The fourth-order valence-corrected chi connectivity index (χ4v) is 3.82. The van der Waals surface area contributed by atoms with Crippen LogP contribution in [0.3, 0.4) is 0 Å². The molecule has 0 unspecified atom stereocenters. The number of hydrogen-bond acceptors (Lipinski definition) is 7. The van der Waals surface area contributed by atoms with E-state index in [1.54, 1.807) is 0 Å². The number of amides is 3. The summed E-state index contributed by atoms with van der Waals surface area (Å²) >= 11 is 0. The van der Waals surface area contributed by atoms with Crippen LogP contribution in [-0.4, -0.2) is 87.4 Å². The van der Waals surface area contributed by atoms with Gasteiger partial charge in [0.2, 0.25) is 5.91 Å². The fraction of sp³-hybridized carbons (Fsp3) is 0.778. The summed E-state index contributed by atoms with van der Waals surface area (Å²) in [6.07, 6.45) is 4.63. The molecule has 3 atom stereocenters. The lowest BCUT2D eigenvalue weighted by Crippen LogP contribution is -2.59. The van der Waals surface area contributed by atoms with Crippen LogP contribution in [-0.2, 0) is 20.7 Å². The van der Waals surface area contributed by atoms with Crippen molar-refractivity contribution in [3.8, 4) is 0 Å². The first-order valence-corrected chi connectivity index (χ1v) is 10.3. The maximum Gasteiger partial charge on any atom is 0.317 e. The van der Waals surface area contributed by atoms with Gasteiger partial charge in [0.15, 0.2) is 5.82 Å². The minimum absolute atomic E-state index is 0.0283. The van der Waals surface area contributed by atoms with Gasteiger partial charge in [0, 0.05) is 32.0 Å². The molecule has 0 spiro atoms. The number of carbonyl (C=O) groups is 3. The molecule has 168 valence electrons. The zero-order chi connectivity index (χ0) is 21.8. The normalized spacial score (nSPS) is 22.8. The van der Waals surface area contributed by atoms with E-state index >= 15 is 0 Å². The summed E-state index contributed by atoms with van der Waals surface area (Å²) in [5, 5.41) is 26.6. The summed E-state index contributed by atoms with van der Waals surface area (Å²) in [6.45, 7) is 4.17. The number of fused-ring (bicyclic) bond motifs is 1. The first-order chi connectivity index (χ1) is 14.6. The molecule has 2 aliphatic rings. The standard InChI is InChI=1S/C17H29N7O3.CH2O2/c1-2-7-19-17(26)24-9-10-27-14-6-5-12(11-13(14)24)16(25)18-8-3-4-15-20-22-23-21-15;2-1-3/h12-14H,2-11H2,1H3,(H,18,25)(H,19,26)(H,20,21,22,23);1H,(H,2,3)/t12-,13+,14+;/m0./s1. The van der Waals surface area contributed by atoms with Gasteiger partial charge in [0.25, 0.3) is 6.47 Å². The average molecular weight is 425 g/mol. The van der Waals surface area contributed by atoms with Gasteiger partial charge in [-0.25, -0.2) is 4.79 Å². The van der Waals surface area contributed by atoms with E-state index in [1.807, 2.05) is 11.8 Å². The number of ether oxygens (including phenoxy) is 1. The van der Waals surface area contributed by atoms with Crippen LogP contribution in [0.25, 0.3) is 0 Å². The van der Waals surface area contributed by atoms with Gasteiger partial charge in [-0.2, -0.15) is 5.21 Å². The SMILES string of the molecule is CCCNC(=O)N1CCO[C@@H]2CC[C@H](C(=O)NCCCc3nn[nH]n3)C[C@H]21.O=CO. The Morgan fingerprint density at radius 3 is 2.83 bits per heavy atom. The molecule has 1 aromatic heterocycles. The molecule has 1 saturated heterocycles. The summed E-state index contributed by atoms with van der Waals surface area (Å²) in [7, 11) is 0. The Kier molecular flexibility index (Phi) is 9.98. The minimum atomic E-state index is -0.250. The van der Waals surface area contributed by atoms with Gasteiger partial charge in [0.05, 0.1) is 18.8 Å². The van der Waals surface area contributed by atoms with Crippen LogP contribution in [0.15, 0.2) is 0 Å². The Bertz CT molecular complexity index is 657. The molecule has 3 amide bonds. The van der Waals surface area contributed by atoms with Crippen LogP contribution < -0.4 is 10.6 Å². The zero-order valence-electron chi connectivity index (χ0n) is 17.2. The summed E-state index contributed by atoms with van der Waals surface area (Å²) in [4.78, 5) is 35.2. The summed E-state index contributed by atoms with van der Waals surface area (Å²) in [5.41, 5.74) is 0. The predicted molar refractivity (Wildman–Crippen MR) is 105 cm³/mol. The maximum atomic E-state index is 12.6. The lowest BCUT2D eigenvalue weighted by Gasteiger charge is -2.45. The van der Waals surface area contributed by atoms with Crippen molar-refractivity contribution in [2.45, 2.75) is 57.6 Å². The molecule has 2 heterocycles. The van der Waals surface area contributed by atoms with Crippen molar-refractivity contribution in [1.82, 2.24) is 36.2 Å². The number of aryl methyl sites for hydroxylation is 1. The Balaban J connectivity index is 0.00000101. The van der Waals surface area contributed by atoms with Crippen molar-refractivity contribution < 1.29 is 24.2 Å². The minimum Gasteiger partial charge on any atom is -0.483 e. The van der Waals surface area contributed by atoms with E-state index in [9.17, 15) is 9.59 Å². The van der Waals surface area contributed by atoms with Crippen LogP contribution in [0.4, 0.5) is 4.79 Å². The number of urea groups is 1. The molecule has 1 aliphatic heterocycles. The predicted octanol–water partition coefficient (Wildman–Crippen LogP) is -0.0616. The Labute approximate surface area is 175 Å². The molecular formula is C18H31N7O5. The Hall–Kier alpha value is -2.76. The van der Waals surface area contributed by atoms with Crippen LogP contribution in [0.1, 0.15) is 44.9 Å². The van der Waals surface area contributed by atoms with E-state index in [0.717, 1.165) is 25.7 Å². The second-order valence-electron chi connectivity index (χ2n) is 7.24. The van der Waals surface area contributed by atoms with Crippen LogP contribution >= 0.6 is 0 Å². The molecule has 1 aliphatic carbocycles. The fourth-order valence-electron chi connectivity index (χ4n) is 3.82. The summed E-state index contributed by atoms with van der Waals surface area (Å²) in [6, 6.07) is -0.0734. The van der Waals surface area contributed by atoms with Crippen molar-refractivity contribution in [1.29, 1.82) is 0 Å². The van der Waals surface area contributed by atoms with Gasteiger partial charge in [-0.3, -0.25) is 9.59 Å². The first-order valence-electron chi connectivity index (χ1n) is 10.3. The molecule has 4 N–H and O–H groups in total. The third-order valence-electron chi connectivity index (χ3n) is 5.24. The summed E-state index contributed by atoms with van der Waals surface area (Å²) < 4.78 is 5.86. The lowest BCUT2D eigenvalue weighted by molar-refractivity contribution is -0.131. The highest BCUT2D eigenvalue weighted by molar-refractivity contribution is 5.79. The smallest absolute Gasteiger partial charge is 0.317 e. The average Bonchev–Trinajstić information content (AvgIpc) is 3.28. The maximum absolute atomic E-state index is 12.6. The monoisotopic (exact) mass is 425 g/mol. The largest absolute Gasteiger partial charge is 0.483 e. The van der Waals surface area contributed by atoms with Crippen molar-refractivity contribution in [3.63, 3.8) is 0 Å². The van der Waals surface area contributed by atoms with E-state index in [1.165, 1.54) is 0 Å². The molecule has 12 nitrogen and oxygen atoms in total. The lowest BCUT2D eigenvalue weighted by atomic mass is 9.81. The van der Waals surface area contributed by atoms with Crippen molar-refractivity contribution >= 4 is 18.4 Å². The third-order valence-corrected chi connectivity index (χ3v) is 5.24. The highest BCUT2D eigenvalue weighted by Gasteiger charge is 2.41. The number of carbonyl (C=O) groups excluding carboxylic acids is 2. The number of H-pyrrole nitrogens is 1. The number of nitrogens with one attached hydrogen (secondary N) is 3. The number of carboxylic acid groups (broad SMARTS) is 1. The topological polar surface area (TPSA) is 162 Å². The van der Waals surface area contributed by atoms with Gasteiger partial charge in [-0.05, 0) is 32.1 Å². The first kappa shape index (κ1) is 23.5. The number of aromatic nitrogens is 4. The van der Waals surface area contributed by atoms with Crippen molar-refractivity contribution in [2.24, 2.45) is 5.92 Å². The van der Waals surface area contributed by atoms with E-state index in [2.05, 4.69) is 31.3 Å². The van der Waals surface area contributed by atoms with Gasteiger partial charge in [-0.15, -0.1) is 10.2 Å². The molecule has 0 bridgehead atoms. The number of morpholine rings is 1. The zero-order valence-corrected chi connectivity index (χ0v) is 17.2. The number of nitrogens with zero attached hydrogens (tertiary/aromatic N) is 4. The van der Waals surface area contributed by atoms with E-state index in [0.29, 0.717) is 44.9 Å². The van der Waals surface area contributed by atoms with Gasteiger partial charge < -0.3 is 25.4 Å². The quantitative estimate of drug-likeness (QED) is 0.349. The molecular weight excluding hydrogens is 394 g/mol.